The van der Waals surface area contributed by atoms with E-state index in [1.54, 1.807) is 0 Å². The monoisotopic (exact) mass is 206 g/mol. The lowest BCUT2D eigenvalue weighted by Gasteiger charge is -2.15. The Bertz CT molecular complexity index is 199. The second-order valence-corrected chi connectivity index (χ2v) is 4.94. The molecular formula is C11H17F3. The van der Waals surface area contributed by atoms with Gasteiger partial charge in [-0.25, -0.2) is 0 Å². The molecule has 3 unspecified atom stereocenters. The van der Waals surface area contributed by atoms with Gasteiger partial charge in [0.25, 0.3) is 0 Å². The van der Waals surface area contributed by atoms with Crippen molar-refractivity contribution in [3.05, 3.63) is 0 Å². The maximum Gasteiger partial charge on any atom is 0.391 e. The molecule has 14 heavy (non-hydrogen) atoms. The Hall–Kier alpha value is -0.210. The Morgan fingerprint density at radius 3 is 2.29 bits per heavy atom. The first kappa shape index (κ1) is 10.3. The van der Waals surface area contributed by atoms with E-state index in [0.29, 0.717) is 12.3 Å². The van der Waals surface area contributed by atoms with Crippen LogP contribution in [0.1, 0.15) is 39.0 Å². The minimum atomic E-state index is -3.98. The van der Waals surface area contributed by atoms with Crippen LogP contribution >= 0.6 is 0 Å². The Morgan fingerprint density at radius 1 is 1.21 bits per heavy atom. The van der Waals surface area contributed by atoms with E-state index in [1.807, 2.05) is 0 Å². The lowest BCUT2D eigenvalue weighted by Crippen LogP contribution is -2.19. The van der Waals surface area contributed by atoms with Crippen molar-refractivity contribution in [2.24, 2.45) is 23.7 Å². The van der Waals surface area contributed by atoms with E-state index >= 15 is 0 Å². The molecule has 0 saturated heterocycles. The molecule has 2 aliphatic rings. The Labute approximate surface area is 82.9 Å². The molecule has 0 N–H and O–H groups in total. The van der Waals surface area contributed by atoms with Gasteiger partial charge in [-0.15, -0.1) is 0 Å². The molecule has 2 fully saturated rings. The van der Waals surface area contributed by atoms with Crippen LogP contribution in [-0.2, 0) is 0 Å². The molecule has 0 nitrogen and oxygen atoms in total. The molecule has 0 aromatic rings. The van der Waals surface area contributed by atoms with Crippen LogP contribution in [0.15, 0.2) is 0 Å². The molecule has 0 bridgehead atoms. The van der Waals surface area contributed by atoms with E-state index in [4.69, 9.17) is 0 Å². The summed E-state index contributed by atoms with van der Waals surface area (Å²) in [6.07, 6.45) is 1.01. The van der Waals surface area contributed by atoms with Gasteiger partial charge in [0, 0.05) is 0 Å². The summed E-state index contributed by atoms with van der Waals surface area (Å²) >= 11 is 0. The van der Waals surface area contributed by atoms with Crippen molar-refractivity contribution < 1.29 is 13.2 Å². The number of rotatable bonds is 3. The minimum Gasteiger partial charge on any atom is -0.171 e. The summed E-state index contributed by atoms with van der Waals surface area (Å²) in [4.78, 5) is 0. The summed E-state index contributed by atoms with van der Waals surface area (Å²) in [5.41, 5.74) is 0. The summed E-state index contributed by atoms with van der Waals surface area (Å²) in [5, 5.41) is 0. The normalized spacial score (nSPS) is 38.1. The van der Waals surface area contributed by atoms with Gasteiger partial charge in [-0.1, -0.05) is 13.3 Å². The third-order valence-electron chi connectivity index (χ3n) is 4.08. The molecular weight excluding hydrogens is 189 g/mol. The minimum absolute atomic E-state index is 0.334. The van der Waals surface area contributed by atoms with Gasteiger partial charge in [0.1, 0.15) is 0 Å². The molecule has 3 heteroatoms. The molecule has 3 atom stereocenters. The summed E-state index contributed by atoms with van der Waals surface area (Å²) in [5.74, 6) is 1.14. The fourth-order valence-electron chi connectivity index (χ4n) is 3.00. The van der Waals surface area contributed by atoms with Gasteiger partial charge in [0.2, 0.25) is 0 Å². The average Bonchev–Trinajstić information content (AvgIpc) is 2.56. The van der Waals surface area contributed by atoms with Crippen molar-refractivity contribution in [2.45, 2.75) is 45.2 Å². The maximum atomic E-state index is 12.2. The number of hydrogen-bond donors (Lipinski definition) is 0. The van der Waals surface area contributed by atoms with E-state index in [0.717, 1.165) is 18.3 Å². The molecule has 0 spiro atoms. The van der Waals surface area contributed by atoms with Gasteiger partial charge >= 0.3 is 6.18 Å². The van der Waals surface area contributed by atoms with Crippen molar-refractivity contribution >= 4 is 0 Å². The Morgan fingerprint density at radius 2 is 1.79 bits per heavy atom. The molecule has 2 saturated carbocycles. The zero-order valence-corrected chi connectivity index (χ0v) is 8.48. The third-order valence-corrected chi connectivity index (χ3v) is 4.08. The van der Waals surface area contributed by atoms with Crippen LogP contribution in [0.4, 0.5) is 13.2 Å². The van der Waals surface area contributed by atoms with E-state index < -0.39 is 12.1 Å². The standard InChI is InChI=1S/C11H17F3/c1-7(11(12,13)14)5-6-10-8-3-2-4-9(8)10/h7-10H,2-6H2,1H3. The second kappa shape index (κ2) is 3.42. The van der Waals surface area contributed by atoms with Crippen molar-refractivity contribution in [3.63, 3.8) is 0 Å². The summed E-state index contributed by atoms with van der Waals surface area (Å²) in [6, 6.07) is 0. The molecule has 0 aromatic carbocycles. The van der Waals surface area contributed by atoms with Gasteiger partial charge < -0.3 is 0 Å². The van der Waals surface area contributed by atoms with Crippen LogP contribution < -0.4 is 0 Å². The van der Waals surface area contributed by atoms with Crippen molar-refractivity contribution in [1.29, 1.82) is 0 Å². The zero-order chi connectivity index (χ0) is 10.3. The highest BCUT2D eigenvalue weighted by Crippen LogP contribution is 2.59. The predicted molar refractivity (Wildman–Crippen MR) is 48.8 cm³/mol. The Balaban J connectivity index is 1.69. The Kier molecular flexibility index (Phi) is 2.52. The van der Waals surface area contributed by atoms with Gasteiger partial charge in [0.15, 0.2) is 0 Å². The van der Waals surface area contributed by atoms with Crippen LogP contribution in [0, 0.1) is 23.7 Å². The number of halogens is 3. The van der Waals surface area contributed by atoms with Gasteiger partial charge in [0.05, 0.1) is 5.92 Å². The summed E-state index contributed by atoms with van der Waals surface area (Å²) < 4.78 is 36.6. The molecule has 0 aliphatic heterocycles. The second-order valence-electron chi connectivity index (χ2n) is 4.94. The molecule has 82 valence electrons. The highest BCUT2D eigenvalue weighted by atomic mass is 19.4. The van der Waals surface area contributed by atoms with E-state index in [1.165, 1.54) is 26.2 Å². The molecule has 0 heterocycles. The van der Waals surface area contributed by atoms with Gasteiger partial charge in [-0.2, -0.15) is 13.2 Å². The van der Waals surface area contributed by atoms with Crippen LogP contribution in [0.5, 0.6) is 0 Å². The number of hydrogen-bond acceptors (Lipinski definition) is 0. The van der Waals surface area contributed by atoms with Crippen molar-refractivity contribution in [3.8, 4) is 0 Å². The molecule has 0 amide bonds. The molecule has 0 aromatic heterocycles. The topological polar surface area (TPSA) is 0 Å². The zero-order valence-electron chi connectivity index (χ0n) is 8.48. The number of alkyl halides is 3. The first-order valence-electron chi connectivity index (χ1n) is 5.57. The molecule has 0 radical (unpaired) electrons. The van der Waals surface area contributed by atoms with E-state index in [2.05, 4.69) is 0 Å². The van der Waals surface area contributed by atoms with Crippen LogP contribution in [0.25, 0.3) is 0 Å². The number of fused-ring (bicyclic) bond motifs is 1. The van der Waals surface area contributed by atoms with Gasteiger partial charge in [-0.3, -0.25) is 0 Å². The first-order valence-corrected chi connectivity index (χ1v) is 5.57. The van der Waals surface area contributed by atoms with Crippen LogP contribution in [0.2, 0.25) is 0 Å². The lowest BCUT2D eigenvalue weighted by molar-refractivity contribution is -0.171. The van der Waals surface area contributed by atoms with Crippen LogP contribution in [0.3, 0.4) is 0 Å². The van der Waals surface area contributed by atoms with Gasteiger partial charge in [-0.05, 0) is 43.4 Å². The molecule has 2 rings (SSSR count). The van der Waals surface area contributed by atoms with Crippen molar-refractivity contribution in [1.82, 2.24) is 0 Å². The third kappa shape index (κ3) is 1.91. The summed E-state index contributed by atoms with van der Waals surface area (Å²) in [6.45, 7) is 1.30. The maximum absolute atomic E-state index is 12.2. The highest BCUT2D eigenvalue weighted by molar-refractivity contribution is 5.00. The smallest absolute Gasteiger partial charge is 0.171 e. The average molecular weight is 206 g/mol. The lowest BCUT2D eigenvalue weighted by atomic mass is 9.99. The van der Waals surface area contributed by atoms with Crippen molar-refractivity contribution in [2.75, 3.05) is 0 Å². The fraction of sp³-hybridized carbons (Fsp3) is 1.00. The van der Waals surface area contributed by atoms with E-state index in [-0.39, 0.29) is 0 Å². The quantitative estimate of drug-likeness (QED) is 0.654. The fourth-order valence-corrected chi connectivity index (χ4v) is 3.00. The first-order chi connectivity index (χ1) is 6.50. The van der Waals surface area contributed by atoms with Crippen LogP contribution in [-0.4, -0.2) is 6.18 Å². The molecule has 2 aliphatic carbocycles. The SMILES string of the molecule is CC(CCC1C2CCCC21)C(F)(F)F. The summed E-state index contributed by atoms with van der Waals surface area (Å²) in [7, 11) is 0. The highest BCUT2D eigenvalue weighted by Gasteiger charge is 2.52. The largest absolute Gasteiger partial charge is 0.391 e. The predicted octanol–water partition coefficient (Wildman–Crippen LogP) is 4.01. The van der Waals surface area contributed by atoms with E-state index in [9.17, 15) is 13.2 Å².